The first-order valence-electron chi connectivity index (χ1n) is 17.1. The molecule has 4 rings (SSSR count). The van der Waals surface area contributed by atoms with Crippen molar-refractivity contribution in [1.82, 2.24) is 0 Å². The molecule has 0 atom stereocenters. The number of carbonyl (C=O) groups excluding carboxylic acids is 1. The maximum atomic E-state index is 13.3. The first kappa shape index (κ1) is 37.8. The van der Waals surface area contributed by atoms with E-state index in [4.69, 9.17) is 0 Å². The molecule has 0 aliphatic heterocycles. The fourth-order valence-corrected chi connectivity index (χ4v) is 6.15. The van der Waals surface area contributed by atoms with Gasteiger partial charge in [-0.1, -0.05) is 139 Å². The van der Waals surface area contributed by atoms with Gasteiger partial charge in [-0.3, -0.25) is 4.79 Å². The summed E-state index contributed by atoms with van der Waals surface area (Å²) in [6, 6.07) is 20.3. The molecule has 1 saturated carbocycles. The second-order valence-corrected chi connectivity index (χ2v) is 17.7. The zero-order valence-electron chi connectivity index (χ0n) is 30.6. The number of allylic oxidation sites excluding steroid dienone is 1. The van der Waals surface area contributed by atoms with E-state index >= 15 is 0 Å². The third-order valence-corrected chi connectivity index (χ3v) is 9.51. The maximum Gasteiger partial charge on any atom is 0.162 e. The Morgan fingerprint density at radius 3 is 1.20 bits per heavy atom. The number of ketones is 1. The fourth-order valence-electron chi connectivity index (χ4n) is 6.15. The van der Waals surface area contributed by atoms with Crippen LogP contribution in [0.5, 0.6) is 0 Å². The molecule has 3 aromatic carbocycles. The number of rotatable bonds is 5. The van der Waals surface area contributed by atoms with E-state index in [0.717, 1.165) is 47.9 Å². The molecule has 0 amide bonds. The monoisotopic (exact) mass is 661 g/mol. The molecule has 3 aromatic rings. The van der Waals surface area contributed by atoms with E-state index in [9.17, 15) is 9.90 Å². The molecule has 0 heterocycles. The number of hydrogen-bond donors (Lipinski definition) is 1. The average molecular weight is 662 g/mol. The van der Waals surface area contributed by atoms with Crippen LogP contribution in [0.3, 0.4) is 0 Å². The van der Waals surface area contributed by atoms with Gasteiger partial charge in [-0.15, -0.1) is 0 Å². The van der Waals surface area contributed by atoms with Crippen molar-refractivity contribution < 1.29 is 27.0 Å². The van der Waals surface area contributed by atoms with Gasteiger partial charge in [0, 0.05) is 34.6 Å². The Hall–Kier alpha value is -2.61. The molecule has 249 valence electrons. The molecule has 3 heteroatoms. The number of carbonyl (C=O) groups is 1. The zero-order valence-corrected chi connectivity index (χ0v) is 31.8. The van der Waals surface area contributed by atoms with Gasteiger partial charge in [-0.05, 0) is 97.2 Å². The van der Waals surface area contributed by atoms with Crippen LogP contribution >= 0.6 is 0 Å². The van der Waals surface area contributed by atoms with Gasteiger partial charge in [-0.25, -0.2) is 0 Å². The van der Waals surface area contributed by atoms with Crippen LogP contribution in [-0.2, 0) is 43.5 Å². The fraction of sp³-hybridized carbons (Fsp3) is 0.512. The minimum Gasteiger partial charge on any atom is -0.507 e. The molecule has 2 nitrogen and oxygen atoms in total. The van der Waals surface area contributed by atoms with Gasteiger partial charge in [0.1, 0.15) is 5.76 Å². The van der Waals surface area contributed by atoms with Gasteiger partial charge in [0.2, 0.25) is 0 Å². The van der Waals surface area contributed by atoms with Crippen LogP contribution < -0.4 is 0 Å². The summed E-state index contributed by atoms with van der Waals surface area (Å²) in [5.41, 5.74) is 10.1. The Labute approximate surface area is 291 Å². The second kappa shape index (κ2) is 13.9. The summed E-state index contributed by atoms with van der Waals surface area (Å²) in [5, 5.41) is 11.5. The van der Waals surface area contributed by atoms with E-state index in [1.165, 1.54) is 34.8 Å². The molecule has 0 bridgehead atoms. The maximum absolute atomic E-state index is 13.3. The number of benzene rings is 3. The molecule has 1 radical (unpaired) electrons. The standard InChI is InChI=1S/C43H58O2.Mn/c1-40(2,3)34-21-31(22-35(25-34)41(4,5)6)29-18-30(32-23-36(42(7,8)9)26-37(24-32)43(10,11)12)20-33(19-29)39(45)27-38(44)28-16-14-13-15-17-28;/h18-28,45H,13-17H2,1-12H3;/b39-27-;. The molecule has 1 aliphatic carbocycles. The van der Waals surface area contributed by atoms with E-state index in [2.05, 4.69) is 138 Å². The Morgan fingerprint density at radius 2 is 0.870 bits per heavy atom. The van der Waals surface area contributed by atoms with Crippen molar-refractivity contribution in [2.45, 2.75) is 137 Å². The van der Waals surface area contributed by atoms with Crippen LogP contribution in [0.4, 0.5) is 0 Å². The SMILES string of the molecule is CC(C)(C)c1cc(-c2cc(/C(O)=C/C(=O)C3CCCCC3)cc(-c3cc(C(C)(C)C)cc(C(C)(C)C)c3)c2)cc(C(C)(C)C)c1.[Mn]. The van der Waals surface area contributed by atoms with Crippen LogP contribution in [0.2, 0.25) is 0 Å². The van der Waals surface area contributed by atoms with Crippen LogP contribution in [-0.4, -0.2) is 10.9 Å². The summed E-state index contributed by atoms with van der Waals surface area (Å²) in [6.45, 7) is 27.1. The minimum atomic E-state index is -0.0203. The summed E-state index contributed by atoms with van der Waals surface area (Å²) in [4.78, 5) is 13.3. The Kier molecular flexibility index (Phi) is 11.4. The molecular weight excluding hydrogens is 603 g/mol. The molecule has 0 saturated heterocycles. The van der Waals surface area contributed by atoms with Gasteiger partial charge < -0.3 is 5.11 Å². The van der Waals surface area contributed by atoms with E-state index in [1.54, 1.807) is 0 Å². The quantitative estimate of drug-likeness (QED) is 0.168. The van der Waals surface area contributed by atoms with Gasteiger partial charge in [0.25, 0.3) is 0 Å². The number of aliphatic hydroxyl groups excluding tert-OH is 1. The third-order valence-electron chi connectivity index (χ3n) is 9.51. The molecule has 0 unspecified atom stereocenters. The average Bonchev–Trinajstić information content (AvgIpc) is 2.95. The second-order valence-electron chi connectivity index (χ2n) is 17.7. The van der Waals surface area contributed by atoms with Crippen LogP contribution in [0.15, 0.2) is 60.7 Å². The van der Waals surface area contributed by atoms with Gasteiger partial charge in [-0.2, -0.15) is 0 Å². The molecule has 0 aromatic heterocycles. The number of aliphatic hydroxyl groups is 1. The molecule has 1 aliphatic rings. The molecular formula is C43H58MnO2. The van der Waals surface area contributed by atoms with Crippen LogP contribution in [0, 0.1) is 5.92 Å². The largest absolute Gasteiger partial charge is 0.507 e. The topological polar surface area (TPSA) is 37.3 Å². The number of hydrogen-bond acceptors (Lipinski definition) is 2. The molecule has 0 spiro atoms. The van der Waals surface area contributed by atoms with Crippen molar-refractivity contribution in [3.05, 3.63) is 88.5 Å². The molecule has 1 fully saturated rings. The van der Waals surface area contributed by atoms with Crippen LogP contribution in [0.25, 0.3) is 28.0 Å². The van der Waals surface area contributed by atoms with E-state index in [-0.39, 0.29) is 56.2 Å². The summed E-state index contributed by atoms with van der Waals surface area (Å²) >= 11 is 0. The summed E-state index contributed by atoms with van der Waals surface area (Å²) in [6.07, 6.45) is 6.70. The summed E-state index contributed by atoms with van der Waals surface area (Å²) in [5.74, 6) is 0.118. The van der Waals surface area contributed by atoms with Crippen molar-refractivity contribution in [3.8, 4) is 22.3 Å². The Bertz CT molecular complexity index is 1410. The molecule has 46 heavy (non-hydrogen) atoms. The summed E-state index contributed by atoms with van der Waals surface area (Å²) < 4.78 is 0. The third kappa shape index (κ3) is 9.26. The van der Waals surface area contributed by atoms with E-state index < -0.39 is 0 Å². The van der Waals surface area contributed by atoms with E-state index in [0.29, 0.717) is 5.56 Å². The van der Waals surface area contributed by atoms with E-state index in [1.807, 2.05) is 0 Å². The van der Waals surface area contributed by atoms with Crippen molar-refractivity contribution in [1.29, 1.82) is 0 Å². The normalized spacial score (nSPS) is 15.4. The van der Waals surface area contributed by atoms with Crippen molar-refractivity contribution >= 4 is 11.5 Å². The van der Waals surface area contributed by atoms with Gasteiger partial charge in [0.05, 0.1) is 0 Å². The predicted octanol–water partition coefficient (Wildman–Crippen LogP) is 12.3. The minimum absolute atomic E-state index is 0. The zero-order chi connectivity index (χ0) is 33.5. The smallest absolute Gasteiger partial charge is 0.162 e. The van der Waals surface area contributed by atoms with Gasteiger partial charge >= 0.3 is 0 Å². The first-order chi connectivity index (χ1) is 20.6. The first-order valence-corrected chi connectivity index (χ1v) is 17.1. The van der Waals surface area contributed by atoms with Crippen molar-refractivity contribution in [2.75, 3.05) is 0 Å². The Morgan fingerprint density at radius 1 is 0.543 bits per heavy atom. The van der Waals surface area contributed by atoms with Crippen molar-refractivity contribution in [2.24, 2.45) is 5.92 Å². The van der Waals surface area contributed by atoms with Crippen LogP contribution in [0.1, 0.15) is 143 Å². The van der Waals surface area contributed by atoms with Gasteiger partial charge in [0.15, 0.2) is 5.78 Å². The predicted molar refractivity (Wildman–Crippen MR) is 194 cm³/mol. The Balaban J connectivity index is 0.00000576. The van der Waals surface area contributed by atoms with Crippen molar-refractivity contribution in [3.63, 3.8) is 0 Å². The summed E-state index contributed by atoms with van der Waals surface area (Å²) in [7, 11) is 0. The molecule has 1 N–H and O–H groups in total.